The molecule has 1 aromatic heterocycles. The van der Waals surface area contributed by atoms with E-state index < -0.39 is 10.0 Å². The van der Waals surface area contributed by atoms with Crippen LogP contribution >= 0.6 is 11.3 Å². The minimum absolute atomic E-state index is 0.126. The Hall–Kier alpha value is -2.75. The Balaban J connectivity index is 1.45. The molecule has 2 heterocycles. The van der Waals surface area contributed by atoms with Crippen molar-refractivity contribution in [1.29, 1.82) is 0 Å². The minimum Gasteiger partial charge on any atom is -0.298 e. The lowest BCUT2D eigenvalue weighted by atomic mass is 10.2. The van der Waals surface area contributed by atoms with E-state index in [9.17, 15) is 13.2 Å². The van der Waals surface area contributed by atoms with Gasteiger partial charge in [0.2, 0.25) is 0 Å². The van der Waals surface area contributed by atoms with Gasteiger partial charge in [0.25, 0.3) is 15.9 Å². The third-order valence-electron chi connectivity index (χ3n) is 5.47. The first-order chi connectivity index (χ1) is 15.4. The van der Waals surface area contributed by atoms with Gasteiger partial charge >= 0.3 is 0 Å². The number of rotatable bonds is 7. The highest BCUT2D eigenvalue weighted by atomic mass is 32.2. The third kappa shape index (κ3) is 4.69. The second-order valence-corrected chi connectivity index (χ2v) is 10.8. The van der Waals surface area contributed by atoms with Crippen LogP contribution < -0.4 is 9.62 Å². The SMILES string of the molecule is CCCN1CCc2nc(NC(=O)c3ccc(S(=O)(=O)N(C)c4ccccc4)cc3)sc2C1. The van der Waals surface area contributed by atoms with Crippen LogP contribution in [-0.2, 0) is 23.0 Å². The Morgan fingerprint density at radius 3 is 2.56 bits per heavy atom. The normalized spacial score (nSPS) is 14.1. The van der Waals surface area contributed by atoms with Gasteiger partial charge in [0.05, 0.1) is 16.3 Å². The van der Waals surface area contributed by atoms with Crippen LogP contribution in [0.1, 0.15) is 34.3 Å². The number of nitrogens with one attached hydrogen (secondary N) is 1. The second-order valence-electron chi connectivity index (χ2n) is 7.70. The summed E-state index contributed by atoms with van der Waals surface area (Å²) in [7, 11) is -2.21. The quantitative estimate of drug-likeness (QED) is 0.565. The van der Waals surface area contributed by atoms with E-state index in [2.05, 4.69) is 22.1 Å². The molecule has 1 aliphatic rings. The molecule has 0 spiro atoms. The van der Waals surface area contributed by atoms with Crippen LogP contribution in [0.3, 0.4) is 0 Å². The topological polar surface area (TPSA) is 82.6 Å². The molecule has 0 saturated carbocycles. The molecule has 4 rings (SSSR count). The van der Waals surface area contributed by atoms with Crippen molar-refractivity contribution in [2.75, 3.05) is 29.8 Å². The molecule has 168 valence electrons. The maximum Gasteiger partial charge on any atom is 0.264 e. The van der Waals surface area contributed by atoms with E-state index in [1.165, 1.54) is 51.8 Å². The number of nitrogens with zero attached hydrogens (tertiary/aromatic N) is 3. The van der Waals surface area contributed by atoms with Gasteiger partial charge < -0.3 is 0 Å². The molecule has 9 heteroatoms. The first kappa shape index (κ1) is 22.4. The molecule has 0 radical (unpaired) electrons. The van der Waals surface area contributed by atoms with Gasteiger partial charge in [-0.3, -0.25) is 19.3 Å². The summed E-state index contributed by atoms with van der Waals surface area (Å²) >= 11 is 1.51. The van der Waals surface area contributed by atoms with E-state index in [0.717, 1.165) is 38.2 Å². The summed E-state index contributed by atoms with van der Waals surface area (Å²) in [5.74, 6) is -0.304. The average Bonchev–Trinajstić information content (AvgIpc) is 3.21. The number of anilines is 2. The highest BCUT2D eigenvalue weighted by Crippen LogP contribution is 2.29. The summed E-state index contributed by atoms with van der Waals surface area (Å²) in [5, 5.41) is 3.44. The van der Waals surface area contributed by atoms with Crippen molar-refractivity contribution in [3.8, 4) is 0 Å². The van der Waals surface area contributed by atoms with Crippen molar-refractivity contribution in [2.24, 2.45) is 0 Å². The number of thiazole rings is 1. The van der Waals surface area contributed by atoms with E-state index >= 15 is 0 Å². The number of carbonyl (C=O) groups excluding carboxylic acids is 1. The molecule has 0 atom stereocenters. The third-order valence-corrected chi connectivity index (χ3v) is 8.26. The van der Waals surface area contributed by atoms with Crippen LogP contribution in [0, 0.1) is 0 Å². The van der Waals surface area contributed by atoms with E-state index in [-0.39, 0.29) is 10.8 Å². The van der Waals surface area contributed by atoms with E-state index in [4.69, 9.17) is 0 Å². The molecule has 0 unspecified atom stereocenters. The van der Waals surface area contributed by atoms with E-state index in [1.54, 1.807) is 24.3 Å². The maximum atomic E-state index is 12.9. The number of carbonyl (C=O) groups is 1. The minimum atomic E-state index is -3.72. The lowest BCUT2D eigenvalue weighted by molar-refractivity contribution is 0.102. The second kappa shape index (κ2) is 9.40. The first-order valence-corrected chi connectivity index (χ1v) is 12.8. The Kier molecular flexibility index (Phi) is 6.59. The van der Waals surface area contributed by atoms with Gasteiger partial charge in [-0.05, 0) is 49.4 Å². The fraction of sp³-hybridized carbons (Fsp3) is 0.304. The monoisotopic (exact) mass is 470 g/mol. The molecule has 0 fully saturated rings. The number of para-hydroxylation sites is 1. The first-order valence-electron chi connectivity index (χ1n) is 10.5. The Bertz CT molecular complexity index is 1190. The zero-order valence-electron chi connectivity index (χ0n) is 18.1. The van der Waals surface area contributed by atoms with Crippen LogP contribution in [0.4, 0.5) is 10.8 Å². The summed E-state index contributed by atoms with van der Waals surface area (Å²) in [6, 6.07) is 14.8. The number of hydrogen-bond acceptors (Lipinski definition) is 6. The predicted octanol–water partition coefficient (Wildman–Crippen LogP) is 3.99. The molecular formula is C23H26N4O3S2. The standard InChI is InChI=1S/C23H26N4O3S2/c1-3-14-27-15-13-20-21(16-27)31-23(24-20)25-22(28)17-9-11-19(12-10-17)32(29,30)26(2)18-7-5-4-6-8-18/h4-12H,3,13-16H2,1-2H3,(H,24,25,28). The lowest BCUT2D eigenvalue weighted by Gasteiger charge is -2.24. The van der Waals surface area contributed by atoms with Gasteiger partial charge in [0.1, 0.15) is 0 Å². The van der Waals surface area contributed by atoms with Crippen LogP contribution in [0.15, 0.2) is 59.5 Å². The fourth-order valence-corrected chi connectivity index (χ4v) is 5.93. The molecule has 7 nitrogen and oxygen atoms in total. The van der Waals surface area contributed by atoms with Crippen LogP contribution in [-0.4, -0.2) is 44.3 Å². The summed E-state index contributed by atoms with van der Waals surface area (Å²) in [4.78, 5) is 21.0. The molecule has 0 saturated heterocycles. The fourth-order valence-electron chi connectivity index (χ4n) is 3.69. The van der Waals surface area contributed by atoms with Crippen molar-refractivity contribution < 1.29 is 13.2 Å². The lowest BCUT2D eigenvalue weighted by Crippen LogP contribution is -2.30. The van der Waals surface area contributed by atoms with E-state index in [1.807, 2.05) is 6.07 Å². The zero-order valence-corrected chi connectivity index (χ0v) is 19.7. The van der Waals surface area contributed by atoms with Gasteiger partial charge in [-0.2, -0.15) is 0 Å². The predicted molar refractivity (Wildman–Crippen MR) is 128 cm³/mol. The number of sulfonamides is 1. The Labute approximate surface area is 192 Å². The highest BCUT2D eigenvalue weighted by Gasteiger charge is 2.23. The molecule has 32 heavy (non-hydrogen) atoms. The molecule has 0 bridgehead atoms. The molecule has 1 amide bonds. The van der Waals surface area contributed by atoms with Crippen molar-refractivity contribution in [2.45, 2.75) is 31.2 Å². The average molecular weight is 471 g/mol. The van der Waals surface area contributed by atoms with Gasteiger partial charge in [-0.1, -0.05) is 25.1 Å². The molecule has 0 aliphatic carbocycles. The smallest absolute Gasteiger partial charge is 0.264 e. The number of hydrogen-bond donors (Lipinski definition) is 1. The van der Waals surface area contributed by atoms with E-state index in [0.29, 0.717) is 16.4 Å². The van der Waals surface area contributed by atoms with Crippen LogP contribution in [0.25, 0.3) is 0 Å². The Morgan fingerprint density at radius 2 is 1.88 bits per heavy atom. The van der Waals surface area contributed by atoms with Gasteiger partial charge in [-0.25, -0.2) is 13.4 Å². The van der Waals surface area contributed by atoms with Crippen molar-refractivity contribution >= 4 is 38.1 Å². The molecular weight excluding hydrogens is 444 g/mol. The summed E-state index contributed by atoms with van der Waals surface area (Å²) in [5.41, 5.74) is 2.01. The molecule has 3 aromatic rings. The van der Waals surface area contributed by atoms with Crippen molar-refractivity contribution in [3.63, 3.8) is 0 Å². The molecule has 2 aromatic carbocycles. The highest BCUT2D eigenvalue weighted by molar-refractivity contribution is 7.92. The number of benzene rings is 2. The largest absolute Gasteiger partial charge is 0.298 e. The maximum absolute atomic E-state index is 12.9. The van der Waals surface area contributed by atoms with Crippen LogP contribution in [0.2, 0.25) is 0 Å². The summed E-state index contributed by atoms with van der Waals surface area (Å²) < 4.78 is 27.0. The number of amides is 1. The summed E-state index contributed by atoms with van der Waals surface area (Å²) in [6.07, 6.45) is 2.01. The van der Waals surface area contributed by atoms with Gasteiger partial charge in [0.15, 0.2) is 5.13 Å². The molecule has 1 N–H and O–H groups in total. The number of fused-ring (bicyclic) bond motifs is 1. The Morgan fingerprint density at radius 1 is 1.16 bits per heavy atom. The van der Waals surface area contributed by atoms with Crippen molar-refractivity contribution in [1.82, 2.24) is 9.88 Å². The number of aromatic nitrogens is 1. The van der Waals surface area contributed by atoms with Crippen molar-refractivity contribution in [3.05, 3.63) is 70.7 Å². The molecule has 1 aliphatic heterocycles. The van der Waals surface area contributed by atoms with Gasteiger partial charge in [-0.15, -0.1) is 11.3 Å². The summed E-state index contributed by atoms with van der Waals surface area (Å²) in [6.45, 7) is 5.10. The van der Waals surface area contributed by atoms with Crippen LogP contribution in [0.5, 0.6) is 0 Å². The van der Waals surface area contributed by atoms with Gasteiger partial charge in [0, 0.05) is 37.0 Å². The zero-order chi connectivity index (χ0) is 22.7.